The zero-order chi connectivity index (χ0) is 31.7. The Morgan fingerprint density at radius 1 is 0.818 bits per heavy atom. The number of carbonyl (C=O) groups is 2. The van der Waals surface area contributed by atoms with E-state index in [2.05, 4.69) is 5.32 Å². The highest BCUT2D eigenvalue weighted by atomic mass is 35.5. The van der Waals surface area contributed by atoms with Crippen LogP contribution in [0.25, 0.3) is 0 Å². The predicted molar refractivity (Wildman–Crippen MR) is 176 cm³/mol. The van der Waals surface area contributed by atoms with Crippen LogP contribution in [-0.2, 0) is 32.6 Å². The van der Waals surface area contributed by atoms with Gasteiger partial charge in [0.1, 0.15) is 12.6 Å². The first-order valence-electron chi connectivity index (χ1n) is 14.6. The molecule has 0 aliphatic carbocycles. The average Bonchev–Trinajstić information content (AvgIpc) is 3.03. The van der Waals surface area contributed by atoms with Crippen molar-refractivity contribution in [3.8, 4) is 0 Å². The number of nitrogens with one attached hydrogen (secondary N) is 1. The Morgan fingerprint density at radius 2 is 1.41 bits per heavy atom. The lowest BCUT2D eigenvalue weighted by Gasteiger charge is -2.34. The van der Waals surface area contributed by atoms with Gasteiger partial charge in [-0.05, 0) is 67.8 Å². The molecule has 0 unspecified atom stereocenters. The molecule has 0 spiro atoms. The fourth-order valence-electron chi connectivity index (χ4n) is 4.74. The molecule has 7 nitrogen and oxygen atoms in total. The minimum Gasteiger partial charge on any atom is -0.352 e. The summed E-state index contributed by atoms with van der Waals surface area (Å²) in [4.78, 5) is 29.9. The SMILES string of the molecule is CC[C@H](C)NC(=O)[C@@H](Cc1ccccc1)N(Cc1ccc(C)cc1)C(=O)CN(c1ccc(Cl)cc1)S(=O)(=O)c1ccccc1. The highest BCUT2D eigenvalue weighted by Crippen LogP contribution is 2.26. The molecule has 4 aromatic rings. The van der Waals surface area contributed by atoms with Gasteiger partial charge in [0.05, 0.1) is 10.6 Å². The zero-order valence-corrected chi connectivity index (χ0v) is 26.8. The second kappa shape index (κ2) is 15.0. The third kappa shape index (κ3) is 8.49. The second-order valence-corrected chi connectivity index (χ2v) is 13.1. The molecule has 0 heterocycles. The van der Waals surface area contributed by atoms with E-state index in [0.717, 1.165) is 27.4 Å². The van der Waals surface area contributed by atoms with Gasteiger partial charge in [0.15, 0.2) is 0 Å². The van der Waals surface area contributed by atoms with E-state index in [0.29, 0.717) is 5.02 Å². The number of halogens is 1. The predicted octanol–water partition coefficient (Wildman–Crippen LogP) is 6.40. The normalized spacial score (nSPS) is 12.6. The van der Waals surface area contributed by atoms with Crippen molar-refractivity contribution in [2.75, 3.05) is 10.8 Å². The van der Waals surface area contributed by atoms with Crippen molar-refractivity contribution in [3.63, 3.8) is 0 Å². The number of hydrogen-bond acceptors (Lipinski definition) is 4. The molecule has 4 aromatic carbocycles. The molecular weight excluding hydrogens is 594 g/mol. The molecule has 0 bridgehead atoms. The Morgan fingerprint density at radius 3 is 2.00 bits per heavy atom. The fourth-order valence-corrected chi connectivity index (χ4v) is 6.30. The third-order valence-corrected chi connectivity index (χ3v) is 9.51. The molecule has 44 heavy (non-hydrogen) atoms. The van der Waals surface area contributed by atoms with Crippen LogP contribution in [0.5, 0.6) is 0 Å². The minimum absolute atomic E-state index is 0.0446. The van der Waals surface area contributed by atoms with Crippen LogP contribution in [0.1, 0.15) is 37.0 Å². The molecule has 0 fully saturated rings. The summed E-state index contributed by atoms with van der Waals surface area (Å²) in [5.41, 5.74) is 3.04. The highest BCUT2D eigenvalue weighted by Gasteiger charge is 2.35. The summed E-state index contributed by atoms with van der Waals surface area (Å²) in [6.45, 7) is 5.46. The van der Waals surface area contributed by atoms with Crippen LogP contribution in [0.3, 0.4) is 0 Å². The van der Waals surface area contributed by atoms with Crippen molar-refractivity contribution in [1.82, 2.24) is 10.2 Å². The van der Waals surface area contributed by atoms with Gasteiger partial charge in [-0.15, -0.1) is 0 Å². The molecule has 4 rings (SSSR count). The average molecular weight is 632 g/mol. The molecule has 1 N–H and O–H groups in total. The zero-order valence-electron chi connectivity index (χ0n) is 25.2. The highest BCUT2D eigenvalue weighted by molar-refractivity contribution is 7.92. The number of benzene rings is 4. The Labute approximate surface area is 265 Å². The van der Waals surface area contributed by atoms with Crippen LogP contribution in [-0.4, -0.2) is 43.8 Å². The summed E-state index contributed by atoms with van der Waals surface area (Å²) in [5.74, 6) is -0.812. The molecular formula is C35H38ClN3O4S. The van der Waals surface area contributed by atoms with Crippen molar-refractivity contribution in [1.29, 1.82) is 0 Å². The smallest absolute Gasteiger partial charge is 0.264 e. The van der Waals surface area contributed by atoms with E-state index in [1.807, 2.05) is 75.4 Å². The quantitative estimate of drug-likeness (QED) is 0.185. The number of nitrogens with zero attached hydrogens (tertiary/aromatic N) is 2. The maximum atomic E-state index is 14.4. The van der Waals surface area contributed by atoms with Crippen molar-refractivity contribution in [3.05, 3.63) is 131 Å². The largest absolute Gasteiger partial charge is 0.352 e. The topological polar surface area (TPSA) is 86.8 Å². The first-order chi connectivity index (χ1) is 21.1. The Kier molecular flexibility index (Phi) is 11.2. The van der Waals surface area contributed by atoms with Crippen molar-refractivity contribution < 1.29 is 18.0 Å². The van der Waals surface area contributed by atoms with Crippen LogP contribution < -0.4 is 9.62 Å². The molecule has 9 heteroatoms. The van der Waals surface area contributed by atoms with E-state index in [1.54, 1.807) is 42.5 Å². The van der Waals surface area contributed by atoms with Crippen LogP contribution in [0.15, 0.2) is 114 Å². The maximum absolute atomic E-state index is 14.4. The third-order valence-electron chi connectivity index (χ3n) is 7.47. The van der Waals surface area contributed by atoms with Crippen molar-refractivity contribution in [2.45, 2.75) is 57.1 Å². The van der Waals surface area contributed by atoms with Gasteiger partial charge >= 0.3 is 0 Å². The van der Waals surface area contributed by atoms with E-state index in [-0.39, 0.29) is 35.5 Å². The number of hydrogen-bond donors (Lipinski definition) is 1. The summed E-state index contributed by atoms with van der Waals surface area (Å²) in [5, 5.41) is 3.48. The molecule has 0 saturated carbocycles. The van der Waals surface area contributed by atoms with Gasteiger partial charge in [-0.1, -0.05) is 96.9 Å². The minimum atomic E-state index is -4.16. The fraction of sp³-hybridized carbons (Fsp3) is 0.257. The standard InChI is InChI=1S/C35H38ClN3O4S/c1-4-27(3)37-35(41)33(23-28-11-7-5-8-12-28)38(24-29-17-15-26(2)16-18-29)34(40)25-39(31-21-19-30(36)20-22-31)44(42,43)32-13-9-6-10-14-32/h5-22,27,33H,4,23-25H2,1-3H3,(H,37,41)/t27-,33+/m0/s1. The van der Waals surface area contributed by atoms with Gasteiger partial charge in [0.2, 0.25) is 11.8 Å². The molecule has 0 aromatic heterocycles. The lowest BCUT2D eigenvalue weighted by molar-refractivity contribution is -0.140. The molecule has 0 aliphatic rings. The van der Waals surface area contributed by atoms with Gasteiger partial charge in [-0.25, -0.2) is 8.42 Å². The first-order valence-corrected chi connectivity index (χ1v) is 16.4. The van der Waals surface area contributed by atoms with Gasteiger partial charge in [0, 0.05) is 24.0 Å². The number of anilines is 1. The van der Waals surface area contributed by atoms with Crippen LogP contribution in [0, 0.1) is 6.92 Å². The molecule has 0 aliphatic heterocycles. The van der Waals surface area contributed by atoms with Crippen molar-refractivity contribution in [2.24, 2.45) is 0 Å². The number of carbonyl (C=O) groups excluding carboxylic acids is 2. The Bertz CT molecular complexity index is 1630. The molecule has 0 saturated heterocycles. The van der Waals surface area contributed by atoms with Crippen molar-refractivity contribution >= 4 is 39.1 Å². The van der Waals surface area contributed by atoms with E-state index in [9.17, 15) is 18.0 Å². The summed E-state index contributed by atoms with van der Waals surface area (Å²) < 4.78 is 29.1. The second-order valence-electron chi connectivity index (χ2n) is 10.8. The molecule has 2 amide bonds. The lowest BCUT2D eigenvalue weighted by atomic mass is 10.0. The van der Waals surface area contributed by atoms with Gasteiger partial charge in [-0.3, -0.25) is 13.9 Å². The van der Waals surface area contributed by atoms with E-state index < -0.39 is 28.5 Å². The molecule has 0 radical (unpaired) electrons. The number of rotatable bonds is 13. The first kappa shape index (κ1) is 32.8. The maximum Gasteiger partial charge on any atom is 0.264 e. The van der Waals surface area contributed by atoms with E-state index in [4.69, 9.17) is 11.6 Å². The van der Waals surface area contributed by atoms with Crippen LogP contribution in [0.4, 0.5) is 5.69 Å². The summed E-state index contributed by atoms with van der Waals surface area (Å²) in [7, 11) is -4.16. The number of aryl methyl sites for hydroxylation is 1. The molecule has 230 valence electrons. The number of amides is 2. The summed E-state index contributed by atoms with van der Waals surface area (Å²) in [6.07, 6.45) is 0.975. The lowest BCUT2D eigenvalue weighted by Crippen LogP contribution is -2.54. The Balaban J connectivity index is 1.79. The summed E-state index contributed by atoms with van der Waals surface area (Å²) >= 11 is 6.12. The van der Waals surface area contributed by atoms with Gasteiger partial charge in [-0.2, -0.15) is 0 Å². The van der Waals surface area contributed by atoms with Gasteiger partial charge in [0.25, 0.3) is 10.0 Å². The van der Waals surface area contributed by atoms with Crippen LogP contribution in [0.2, 0.25) is 5.02 Å². The van der Waals surface area contributed by atoms with E-state index >= 15 is 0 Å². The van der Waals surface area contributed by atoms with Gasteiger partial charge < -0.3 is 10.2 Å². The summed E-state index contributed by atoms with van der Waals surface area (Å²) in [6, 6.07) is 30.5. The van der Waals surface area contributed by atoms with E-state index in [1.165, 1.54) is 17.0 Å². The molecule has 2 atom stereocenters. The Hall–Kier alpha value is -4.14. The van der Waals surface area contributed by atoms with Crippen LogP contribution >= 0.6 is 11.6 Å². The monoisotopic (exact) mass is 631 g/mol. The number of sulfonamides is 1.